The lowest BCUT2D eigenvalue weighted by Crippen LogP contribution is -2.48. The van der Waals surface area contributed by atoms with Gasteiger partial charge in [-0.2, -0.15) is 13.2 Å². The summed E-state index contributed by atoms with van der Waals surface area (Å²) in [5, 5.41) is 5.40. The molecule has 0 spiro atoms. The van der Waals surface area contributed by atoms with Gasteiger partial charge in [0.05, 0.1) is 23.7 Å². The van der Waals surface area contributed by atoms with Crippen LogP contribution in [0.1, 0.15) is 50.3 Å². The van der Waals surface area contributed by atoms with Crippen LogP contribution in [0.4, 0.5) is 13.2 Å². The third kappa shape index (κ3) is 6.06. The molecule has 2 aliphatic rings. The Kier molecular flexibility index (Phi) is 7.58. The molecule has 0 amide bonds. The van der Waals surface area contributed by atoms with Gasteiger partial charge in [-0.1, -0.05) is 32.3 Å². The number of nitrogens with two attached hydrogens (primary N) is 1. The molecule has 3 N–H and O–H groups in total. The maximum Gasteiger partial charge on any atom is 0.417 e. The Morgan fingerprint density at radius 3 is 2.27 bits per heavy atom. The van der Waals surface area contributed by atoms with Crippen molar-refractivity contribution in [2.75, 3.05) is 19.8 Å². The standard InChI is InChI=1S/C24H32F3N3O5S2/c1-16-22(36(28,31)32)11-20(30(16)12-17-6-4-3-5-7-17)18-8-9-21(19(10-18)24(25,26)27)37(33,34)29-13-23(2)14-35-15-23/h8-11,17,29H,3-7,12-15H2,1-2H3,(H2,28,31,32). The first-order valence-corrected chi connectivity index (χ1v) is 15.2. The molecule has 2 aromatic rings. The Morgan fingerprint density at radius 1 is 1.08 bits per heavy atom. The number of alkyl halides is 3. The molecule has 1 aliphatic carbocycles. The zero-order chi connectivity index (χ0) is 27.2. The lowest BCUT2D eigenvalue weighted by Gasteiger charge is -2.38. The second-order valence-electron chi connectivity index (χ2n) is 10.5. The zero-order valence-corrected chi connectivity index (χ0v) is 22.4. The van der Waals surface area contributed by atoms with Crippen LogP contribution in [-0.2, 0) is 37.5 Å². The topological polar surface area (TPSA) is 120 Å². The molecular weight excluding hydrogens is 531 g/mol. The Morgan fingerprint density at radius 2 is 1.73 bits per heavy atom. The van der Waals surface area contributed by atoms with Crippen molar-refractivity contribution in [3.05, 3.63) is 35.5 Å². The molecule has 0 radical (unpaired) electrons. The number of ether oxygens (including phenoxy) is 1. The number of rotatable bonds is 8. The molecule has 0 unspecified atom stereocenters. The van der Waals surface area contributed by atoms with Crippen molar-refractivity contribution in [3.63, 3.8) is 0 Å². The molecule has 2 fully saturated rings. The first kappa shape index (κ1) is 28.1. The highest BCUT2D eigenvalue weighted by Gasteiger charge is 2.40. The van der Waals surface area contributed by atoms with Gasteiger partial charge in [0.25, 0.3) is 0 Å². The van der Waals surface area contributed by atoms with Gasteiger partial charge in [-0.05, 0) is 49.4 Å². The number of halogens is 3. The number of nitrogens with one attached hydrogen (secondary N) is 1. The second-order valence-corrected chi connectivity index (χ2v) is 13.7. The molecule has 2 heterocycles. The van der Waals surface area contributed by atoms with Gasteiger partial charge >= 0.3 is 6.18 Å². The molecule has 0 atom stereocenters. The van der Waals surface area contributed by atoms with Crippen molar-refractivity contribution in [2.45, 2.75) is 68.5 Å². The second kappa shape index (κ2) is 9.99. The predicted octanol–water partition coefficient (Wildman–Crippen LogP) is 4.02. The smallest absolute Gasteiger partial charge is 0.380 e. The normalized spacial score (nSPS) is 19.1. The Bertz CT molecular complexity index is 1370. The third-order valence-electron chi connectivity index (χ3n) is 7.25. The minimum Gasteiger partial charge on any atom is -0.380 e. The van der Waals surface area contributed by atoms with Crippen molar-refractivity contribution in [3.8, 4) is 11.3 Å². The molecule has 1 saturated heterocycles. The molecular formula is C24H32F3N3O5S2. The number of nitrogens with zero attached hydrogens (tertiary/aromatic N) is 1. The van der Waals surface area contributed by atoms with Crippen molar-refractivity contribution in [2.24, 2.45) is 16.5 Å². The fraction of sp³-hybridized carbons (Fsp3) is 0.583. The lowest BCUT2D eigenvalue weighted by atomic mass is 9.89. The van der Waals surface area contributed by atoms with E-state index in [1.165, 1.54) is 12.1 Å². The van der Waals surface area contributed by atoms with E-state index in [1.807, 2.05) is 0 Å². The minimum absolute atomic E-state index is 0.0550. The average molecular weight is 564 g/mol. The van der Waals surface area contributed by atoms with Crippen LogP contribution in [0.5, 0.6) is 0 Å². The van der Waals surface area contributed by atoms with E-state index in [0.717, 1.165) is 44.2 Å². The summed E-state index contributed by atoms with van der Waals surface area (Å²) in [7, 11) is -8.62. The van der Waals surface area contributed by atoms with E-state index in [-0.39, 0.29) is 28.6 Å². The first-order chi connectivity index (χ1) is 17.1. The Labute approximate surface area is 215 Å². The highest BCUT2D eigenvalue weighted by atomic mass is 32.2. The zero-order valence-electron chi connectivity index (χ0n) is 20.8. The molecule has 1 aromatic heterocycles. The van der Waals surface area contributed by atoms with Gasteiger partial charge in [-0.25, -0.2) is 26.7 Å². The van der Waals surface area contributed by atoms with Crippen LogP contribution in [0.25, 0.3) is 11.3 Å². The monoisotopic (exact) mass is 563 g/mol. The van der Waals surface area contributed by atoms with Gasteiger partial charge < -0.3 is 9.30 Å². The van der Waals surface area contributed by atoms with Crippen LogP contribution in [0.2, 0.25) is 0 Å². The molecule has 8 nitrogen and oxygen atoms in total. The summed E-state index contributed by atoms with van der Waals surface area (Å²) < 4.78 is 102. The van der Waals surface area contributed by atoms with Crippen LogP contribution < -0.4 is 9.86 Å². The van der Waals surface area contributed by atoms with Crippen molar-refractivity contribution in [1.82, 2.24) is 9.29 Å². The van der Waals surface area contributed by atoms with Crippen molar-refractivity contribution in [1.29, 1.82) is 0 Å². The van der Waals surface area contributed by atoms with Crippen LogP contribution in [0.15, 0.2) is 34.1 Å². The summed E-state index contributed by atoms with van der Waals surface area (Å²) in [6.45, 7) is 4.34. The molecule has 206 valence electrons. The summed E-state index contributed by atoms with van der Waals surface area (Å²) in [6.07, 6.45) is 0.0745. The number of primary sulfonamides is 1. The van der Waals surface area contributed by atoms with E-state index >= 15 is 0 Å². The van der Waals surface area contributed by atoms with E-state index in [2.05, 4.69) is 4.72 Å². The SMILES string of the molecule is Cc1c(S(N)(=O)=O)cc(-c2ccc(S(=O)(=O)NCC3(C)COC3)c(C(F)(F)F)c2)n1CC1CCCCC1. The van der Waals surface area contributed by atoms with E-state index < -0.39 is 42.1 Å². The predicted molar refractivity (Wildman–Crippen MR) is 132 cm³/mol. The van der Waals surface area contributed by atoms with Gasteiger partial charge in [0, 0.05) is 29.9 Å². The van der Waals surface area contributed by atoms with E-state index in [9.17, 15) is 30.0 Å². The van der Waals surface area contributed by atoms with E-state index in [0.29, 0.717) is 25.5 Å². The number of hydrogen-bond acceptors (Lipinski definition) is 5. The minimum atomic E-state index is -4.97. The summed E-state index contributed by atoms with van der Waals surface area (Å²) in [4.78, 5) is -1.05. The van der Waals surface area contributed by atoms with Gasteiger partial charge in [0.2, 0.25) is 20.0 Å². The Balaban J connectivity index is 1.78. The van der Waals surface area contributed by atoms with E-state index in [4.69, 9.17) is 9.88 Å². The summed E-state index contributed by atoms with van der Waals surface area (Å²) in [5.74, 6) is 0.245. The molecule has 37 heavy (non-hydrogen) atoms. The third-order valence-corrected chi connectivity index (χ3v) is 9.74. The highest BCUT2D eigenvalue weighted by molar-refractivity contribution is 7.89. The van der Waals surface area contributed by atoms with Gasteiger partial charge in [0.1, 0.15) is 4.90 Å². The Hall–Kier alpha value is -1.93. The molecule has 1 aliphatic heterocycles. The molecule has 4 rings (SSSR count). The molecule has 1 saturated carbocycles. The van der Waals surface area contributed by atoms with Gasteiger partial charge in [-0.15, -0.1) is 0 Å². The summed E-state index contributed by atoms with van der Waals surface area (Å²) in [5.41, 5.74) is -1.17. The van der Waals surface area contributed by atoms with Crippen LogP contribution in [0.3, 0.4) is 0 Å². The summed E-state index contributed by atoms with van der Waals surface area (Å²) >= 11 is 0. The van der Waals surface area contributed by atoms with Gasteiger partial charge in [-0.3, -0.25) is 0 Å². The largest absolute Gasteiger partial charge is 0.417 e. The quantitative estimate of drug-likeness (QED) is 0.503. The molecule has 13 heteroatoms. The molecule has 0 bridgehead atoms. The van der Waals surface area contributed by atoms with Crippen LogP contribution >= 0.6 is 0 Å². The average Bonchev–Trinajstić information content (AvgIpc) is 3.12. The first-order valence-electron chi connectivity index (χ1n) is 12.1. The lowest BCUT2D eigenvalue weighted by molar-refractivity contribution is -0.139. The van der Waals surface area contributed by atoms with Crippen LogP contribution in [0, 0.1) is 18.3 Å². The van der Waals surface area contributed by atoms with Gasteiger partial charge in [0.15, 0.2) is 0 Å². The van der Waals surface area contributed by atoms with Crippen LogP contribution in [-0.4, -0.2) is 41.2 Å². The van der Waals surface area contributed by atoms with Crippen molar-refractivity contribution < 1.29 is 34.7 Å². The van der Waals surface area contributed by atoms with E-state index in [1.54, 1.807) is 18.4 Å². The fourth-order valence-corrected chi connectivity index (χ4v) is 7.26. The van der Waals surface area contributed by atoms with Crippen molar-refractivity contribution >= 4 is 20.0 Å². The number of hydrogen-bond donors (Lipinski definition) is 2. The fourth-order valence-electron chi connectivity index (χ4n) is 5.06. The summed E-state index contributed by atoms with van der Waals surface area (Å²) in [6, 6.07) is 4.23. The number of benzene rings is 1. The highest BCUT2D eigenvalue weighted by Crippen LogP contribution is 2.39. The maximum atomic E-state index is 14.1. The number of sulfonamides is 2. The number of aromatic nitrogens is 1. The molecule has 1 aromatic carbocycles. The maximum absolute atomic E-state index is 14.1.